The Kier molecular flexibility index (Phi) is 12.6. The molecule has 10 rings (SSSR count). The average molecular weight is 1020 g/mol. The number of anilines is 4. The molecule has 0 radical (unpaired) electrons. The third-order valence-electron chi connectivity index (χ3n) is 14.8. The topological polar surface area (TPSA) is 273 Å². The van der Waals surface area contributed by atoms with Gasteiger partial charge in [-0.2, -0.15) is 0 Å². The molecule has 2 saturated carbocycles. The van der Waals surface area contributed by atoms with Crippen LogP contribution in [0.4, 0.5) is 22.7 Å². The van der Waals surface area contributed by atoms with Gasteiger partial charge < -0.3 is 50.8 Å². The second-order valence-corrected chi connectivity index (χ2v) is 20.2. The average Bonchev–Trinajstić information content (AvgIpc) is 4.22. The second kappa shape index (κ2) is 19.1. The molecule has 9 unspecified atom stereocenters. The summed E-state index contributed by atoms with van der Waals surface area (Å²) < 4.78 is 17.7. The molecule has 5 aliphatic rings. The fourth-order valence-corrected chi connectivity index (χ4v) is 11.2. The number of aliphatic carboxylic acids is 1. The van der Waals surface area contributed by atoms with Gasteiger partial charge in [0.2, 0.25) is 17.4 Å². The molecule has 9 atom stereocenters. The zero-order valence-electron chi connectivity index (χ0n) is 40.6. The number of rotatable bonds is 17. The summed E-state index contributed by atoms with van der Waals surface area (Å²) in [6, 6.07) is 27.6. The van der Waals surface area contributed by atoms with Crippen LogP contribution in [0.5, 0.6) is 23.0 Å². The van der Waals surface area contributed by atoms with Crippen molar-refractivity contribution in [1.82, 2.24) is 0 Å². The summed E-state index contributed by atoms with van der Waals surface area (Å²) in [7, 11) is 0. The Morgan fingerprint density at radius 1 is 0.560 bits per heavy atom. The SMILES string of the molecule is CC(C)(Nc1ccc(Oc2ccc(NC(=O)C3C4C=CC(C4)C3C(=O)O)cc2)cc1)C(=O)c1cc(C(=O)Nc2ccc(Oc3ccc(NC4(C)OC(=O)C5C6C=CC(C6)C5C4=O)cc3)cc2)c(C(=O)O)cc1C(=O)O. The third-order valence-corrected chi connectivity index (χ3v) is 14.8. The van der Waals surface area contributed by atoms with Crippen molar-refractivity contribution in [3.05, 3.63) is 156 Å². The molecule has 0 aromatic heterocycles. The van der Waals surface area contributed by atoms with E-state index in [0.29, 0.717) is 46.5 Å². The summed E-state index contributed by atoms with van der Waals surface area (Å²) in [6.07, 6.45) is 9.22. The molecule has 4 aliphatic carbocycles. The molecule has 1 aliphatic heterocycles. The van der Waals surface area contributed by atoms with E-state index in [1.165, 1.54) is 26.0 Å². The largest absolute Gasteiger partial charge is 0.481 e. The Hall–Kier alpha value is -9.06. The van der Waals surface area contributed by atoms with Crippen LogP contribution in [0.15, 0.2) is 133 Å². The summed E-state index contributed by atoms with van der Waals surface area (Å²) in [5.41, 5.74) is -3.52. The first kappa shape index (κ1) is 49.5. The maximum atomic E-state index is 14.2. The number of nitrogens with one attached hydrogen (secondary N) is 4. The number of hydrogen-bond donors (Lipinski definition) is 7. The minimum atomic E-state index is -1.60. The molecule has 75 heavy (non-hydrogen) atoms. The molecule has 4 bridgehead atoms. The summed E-state index contributed by atoms with van der Waals surface area (Å²) >= 11 is 0. The minimum absolute atomic E-state index is 0.0236. The first-order chi connectivity index (χ1) is 35.7. The Bertz CT molecular complexity index is 3260. The zero-order valence-corrected chi connectivity index (χ0v) is 40.6. The number of esters is 1. The van der Waals surface area contributed by atoms with Crippen molar-refractivity contribution in [3.8, 4) is 23.0 Å². The Morgan fingerprint density at radius 3 is 1.53 bits per heavy atom. The van der Waals surface area contributed by atoms with Gasteiger partial charge in [0.25, 0.3) is 5.91 Å². The minimum Gasteiger partial charge on any atom is -0.481 e. The van der Waals surface area contributed by atoms with Crippen LogP contribution in [-0.2, 0) is 23.9 Å². The second-order valence-electron chi connectivity index (χ2n) is 20.2. The molecule has 382 valence electrons. The maximum Gasteiger partial charge on any atom is 0.336 e. The van der Waals surface area contributed by atoms with Gasteiger partial charge in [0.15, 0.2) is 5.78 Å². The number of carbonyl (C=O) groups excluding carboxylic acids is 5. The highest BCUT2D eigenvalue weighted by Gasteiger charge is 2.61. The summed E-state index contributed by atoms with van der Waals surface area (Å²) in [5.74, 6) is -7.62. The van der Waals surface area contributed by atoms with Crippen LogP contribution in [0.3, 0.4) is 0 Å². The Morgan fingerprint density at radius 2 is 1.00 bits per heavy atom. The summed E-state index contributed by atoms with van der Waals surface area (Å²) in [4.78, 5) is 104. The van der Waals surface area contributed by atoms with Gasteiger partial charge in [-0.25, -0.2) is 9.59 Å². The van der Waals surface area contributed by atoms with Crippen LogP contribution in [-0.4, -0.2) is 73.8 Å². The standard InChI is InChI=1S/C57H50N4O14/c1-56(2,60-34-12-20-38(21-13-34)73-37-18-10-33(11-19-37)59-51(65)45-29-5-6-30(25-29)46(45)54(70)71)48(62)40-26-41(43(53(68)69)27-42(40)52(66)67)50(64)58-32-8-16-36(17-9-32)74-39-22-14-35(15-23-39)61-57(3)49(63)44-28-4-7-31(24-28)47(44)55(72)75-57/h4-23,26-31,44-47,60-61H,24-25H2,1-3H3,(H,58,64)(H,59,65)(H,66,67)(H,68,69)(H,70,71). The lowest BCUT2D eigenvalue weighted by Gasteiger charge is -2.41. The number of fused-ring (bicyclic) bond motifs is 7. The van der Waals surface area contributed by atoms with Crippen molar-refractivity contribution < 1.29 is 67.9 Å². The molecule has 18 heteroatoms. The summed E-state index contributed by atoms with van der Waals surface area (Å²) in [6.45, 7) is 4.57. The van der Waals surface area contributed by atoms with Crippen LogP contribution in [0.1, 0.15) is 75.0 Å². The van der Waals surface area contributed by atoms with Crippen LogP contribution in [0.2, 0.25) is 0 Å². The molecule has 5 aromatic carbocycles. The maximum absolute atomic E-state index is 14.2. The highest BCUT2D eigenvalue weighted by Crippen LogP contribution is 2.53. The first-order valence-electron chi connectivity index (χ1n) is 24.3. The number of ether oxygens (including phenoxy) is 3. The van der Waals surface area contributed by atoms with Crippen LogP contribution in [0, 0.1) is 47.3 Å². The van der Waals surface area contributed by atoms with E-state index in [4.69, 9.17) is 14.2 Å². The Labute approximate surface area is 428 Å². The number of hydrogen-bond acceptors (Lipinski definition) is 13. The fraction of sp³-hybridized carbons (Fsp3) is 0.263. The zero-order chi connectivity index (χ0) is 53.1. The molecule has 18 nitrogen and oxygen atoms in total. The normalized spacial score (nSPS) is 24.7. The van der Waals surface area contributed by atoms with Crippen LogP contribution in [0.25, 0.3) is 0 Å². The lowest BCUT2D eigenvalue weighted by atomic mass is 9.75. The molecule has 5 aromatic rings. The first-order valence-corrected chi connectivity index (χ1v) is 24.3. The number of Topliss-reactive ketones (excluding diaryl/α,β-unsaturated/α-hetero) is 2. The van der Waals surface area contributed by atoms with E-state index in [9.17, 15) is 53.7 Å². The molecule has 7 N–H and O–H groups in total. The molecule has 2 amide bonds. The van der Waals surface area contributed by atoms with E-state index in [1.807, 2.05) is 24.3 Å². The third kappa shape index (κ3) is 9.57. The van der Waals surface area contributed by atoms with Crippen molar-refractivity contribution in [1.29, 1.82) is 0 Å². The van der Waals surface area contributed by atoms with Crippen LogP contribution >= 0.6 is 0 Å². The van der Waals surface area contributed by atoms with E-state index in [0.717, 1.165) is 18.6 Å². The number of benzene rings is 5. The van der Waals surface area contributed by atoms with Crippen molar-refractivity contribution in [2.24, 2.45) is 47.3 Å². The summed E-state index contributed by atoms with van der Waals surface area (Å²) in [5, 5.41) is 41.6. The number of ketones is 2. The predicted molar refractivity (Wildman–Crippen MR) is 271 cm³/mol. The molecule has 1 saturated heterocycles. The molecular weight excluding hydrogens is 965 g/mol. The molecular formula is C57H50N4O14. The monoisotopic (exact) mass is 1010 g/mol. The van der Waals surface area contributed by atoms with Crippen LogP contribution < -0.4 is 30.7 Å². The van der Waals surface area contributed by atoms with E-state index in [-0.39, 0.29) is 47.0 Å². The number of cyclic esters (lactones) is 1. The van der Waals surface area contributed by atoms with Gasteiger partial charge in [-0.15, -0.1) is 0 Å². The lowest BCUT2D eigenvalue weighted by Crippen LogP contribution is -2.58. The van der Waals surface area contributed by atoms with Gasteiger partial charge in [0, 0.05) is 41.2 Å². The van der Waals surface area contributed by atoms with E-state index < -0.39 is 86.8 Å². The van der Waals surface area contributed by atoms with Gasteiger partial charge >= 0.3 is 23.9 Å². The number of carboxylic acids is 3. The Balaban J connectivity index is 0.761. The van der Waals surface area contributed by atoms with E-state index in [2.05, 4.69) is 21.3 Å². The van der Waals surface area contributed by atoms with Crippen molar-refractivity contribution in [2.75, 3.05) is 21.3 Å². The number of carboxylic acid groups (broad SMARTS) is 3. The highest BCUT2D eigenvalue weighted by molar-refractivity contribution is 6.17. The number of aromatic carboxylic acids is 2. The van der Waals surface area contributed by atoms with Gasteiger partial charge in [0.05, 0.1) is 40.0 Å². The molecule has 3 fully saturated rings. The lowest BCUT2D eigenvalue weighted by molar-refractivity contribution is -0.181. The highest BCUT2D eigenvalue weighted by atomic mass is 16.6. The van der Waals surface area contributed by atoms with Crippen molar-refractivity contribution in [2.45, 2.75) is 44.9 Å². The van der Waals surface area contributed by atoms with Gasteiger partial charge in [-0.3, -0.25) is 28.8 Å². The van der Waals surface area contributed by atoms with Crippen molar-refractivity contribution >= 4 is 70.0 Å². The predicted octanol–water partition coefficient (Wildman–Crippen LogP) is 9.15. The molecule has 1 heterocycles. The quantitative estimate of drug-likeness (QED) is 0.0260. The van der Waals surface area contributed by atoms with Crippen molar-refractivity contribution in [3.63, 3.8) is 0 Å². The fourth-order valence-electron chi connectivity index (χ4n) is 11.2. The number of allylic oxidation sites excluding steroid dienone is 4. The van der Waals surface area contributed by atoms with E-state index in [1.54, 1.807) is 91.9 Å². The van der Waals surface area contributed by atoms with Gasteiger partial charge in [-0.05, 0) is 160 Å². The number of amides is 2. The van der Waals surface area contributed by atoms with Gasteiger partial charge in [-0.1, -0.05) is 24.3 Å². The number of carbonyl (C=O) groups is 8. The van der Waals surface area contributed by atoms with E-state index >= 15 is 0 Å². The van der Waals surface area contributed by atoms with Gasteiger partial charge in [0.1, 0.15) is 23.0 Å². The molecule has 0 spiro atoms. The smallest absolute Gasteiger partial charge is 0.336 e.